The summed E-state index contributed by atoms with van der Waals surface area (Å²) < 4.78 is 7.43. The van der Waals surface area contributed by atoms with Crippen molar-refractivity contribution in [2.45, 2.75) is 18.9 Å². The van der Waals surface area contributed by atoms with E-state index in [-0.39, 0.29) is 11.9 Å². The average Bonchev–Trinajstić information content (AvgIpc) is 3.19. The van der Waals surface area contributed by atoms with Crippen molar-refractivity contribution in [3.8, 4) is 0 Å². The van der Waals surface area contributed by atoms with E-state index in [9.17, 15) is 4.79 Å². The molecule has 152 valence electrons. The van der Waals surface area contributed by atoms with Crippen LogP contribution in [0.5, 0.6) is 0 Å². The average molecular weight is 521 g/mol. The van der Waals surface area contributed by atoms with E-state index in [2.05, 4.69) is 55.0 Å². The van der Waals surface area contributed by atoms with Crippen LogP contribution in [-0.2, 0) is 9.53 Å². The number of carbonyl (C=O) groups excluding carboxylic acids is 1. The molecule has 1 amide bonds. The van der Waals surface area contributed by atoms with Crippen LogP contribution in [0.4, 0.5) is 0 Å². The van der Waals surface area contributed by atoms with Crippen molar-refractivity contribution >= 4 is 43.5 Å². The first-order valence-electron chi connectivity index (χ1n) is 9.81. The zero-order valence-electron chi connectivity index (χ0n) is 16.1. The molecule has 1 fully saturated rings. The number of morpholine rings is 1. The molecule has 0 unspecified atom stereocenters. The number of carbonyl (C=O) groups is 1. The number of benzene rings is 2. The van der Waals surface area contributed by atoms with Gasteiger partial charge in [0.1, 0.15) is 0 Å². The number of halogens is 2. The van der Waals surface area contributed by atoms with E-state index in [1.807, 2.05) is 30.3 Å². The fourth-order valence-corrected chi connectivity index (χ4v) is 4.38. The van der Waals surface area contributed by atoms with E-state index in [1.165, 1.54) is 0 Å². The van der Waals surface area contributed by atoms with Gasteiger partial charge in [-0.2, -0.15) is 5.10 Å². The number of rotatable bonds is 5. The topological polar surface area (TPSA) is 45.1 Å². The van der Waals surface area contributed by atoms with E-state index in [0.717, 1.165) is 58.6 Å². The molecule has 2 aliphatic rings. The minimum absolute atomic E-state index is 0.0643. The summed E-state index contributed by atoms with van der Waals surface area (Å²) in [4.78, 5) is 15.4. The lowest BCUT2D eigenvalue weighted by molar-refractivity contribution is -0.133. The first-order valence-corrected chi connectivity index (χ1v) is 11.4. The maximum atomic E-state index is 13.1. The van der Waals surface area contributed by atoms with Gasteiger partial charge in [-0.3, -0.25) is 9.69 Å². The van der Waals surface area contributed by atoms with Crippen LogP contribution in [0.2, 0.25) is 0 Å². The van der Waals surface area contributed by atoms with Crippen LogP contribution in [0.3, 0.4) is 0 Å². The highest BCUT2D eigenvalue weighted by molar-refractivity contribution is 9.10. The van der Waals surface area contributed by atoms with Crippen molar-refractivity contribution in [2.75, 3.05) is 32.8 Å². The molecule has 7 heteroatoms. The molecule has 5 nitrogen and oxygen atoms in total. The highest BCUT2D eigenvalue weighted by Crippen LogP contribution is 2.34. The molecule has 2 aromatic rings. The number of amides is 1. The molecule has 0 aromatic heterocycles. The second-order valence-corrected chi connectivity index (χ2v) is 9.10. The smallest absolute Gasteiger partial charge is 0.244 e. The Morgan fingerprint density at radius 2 is 1.83 bits per heavy atom. The summed E-state index contributed by atoms with van der Waals surface area (Å²) in [5.41, 5.74) is 3.09. The molecule has 4 rings (SSSR count). The molecule has 2 aromatic carbocycles. The molecule has 2 heterocycles. The van der Waals surface area contributed by atoms with Crippen LogP contribution in [-0.4, -0.2) is 54.4 Å². The summed E-state index contributed by atoms with van der Waals surface area (Å²) in [6.07, 6.45) is 1.17. The van der Waals surface area contributed by atoms with Gasteiger partial charge in [0, 0.05) is 41.4 Å². The number of hydrazone groups is 1. The quantitative estimate of drug-likeness (QED) is 0.578. The molecule has 0 bridgehead atoms. The Hall–Kier alpha value is -1.54. The van der Waals surface area contributed by atoms with Crippen molar-refractivity contribution in [1.29, 1.82) is 0 Å². The number of hydrogen-bond acceptors (Lipinski definition) is 4. The lowest BCUT2D eigenvalue weighted by Gasteiger charge is -2.27. The fraction of sp³-hybridized carbons (Fsp3) is 0.364. The van der Waals surface area contributed by atoms with Crippen molar-refractivity contribution in [2.24, 2.45) is 5.10 Å². The molecule has 0 radical (unpaired) electrons. The maximum absolute atomic E-state index is 13.1. The summed E-state index contributed by atoms with van der Waals surface area (Å²) in [5, 5.41) is 6.46. The zero-order valence-corrected chi connectivity index (χ0v) is 19.2. The molecular formula is C22H23Br2N3O2. The highest BCUT2D eigenvalue weighted by atomic mass is 79.9. The van der Waals surface area contributed by atoms with Crippen LogP contribution in [0.25, 0.3) is 0 Å². The van der Waals surface area contributed by atoms with Gasteiger partial charge in [0.15, 0.2) is 0 Å². The van der Waals surface area contributed by atoms with Gasteiger partial charge in [-0.25, -0.2) is 5.01 Å². The van der Waals surface area contributed by atoms with E-state index in [4.69, 9.17) is 9.84 Å². The largest absolute Gasteiger partial charge is 0.379 e. The fourth-order valence-electron chi connectivity index (χ4n) is 3.72. The third kappa shape index (κ3) is 5.15. The molecule has 2 aliphatic heterocycles. The molecule has 0 spiro atoms. The summed E-state index contributed by atoms with van der Waals surface area (Å²) >= 11 is 7.03. The third-order valence-corrected chi connectivity index (χ3v) is 6.35. The van der Waals surface area contributed by atoms with Crippen molar-refractivity contribution in [3.63, 3.8) is 0 Å². The Balaban J connectivity index is 1.54. The Bertz CT molecular complexity index is 895. The van der Waals surface area contributed by atoms with E-state index in [0.29, 0.717) is 12.8 Å². The predicted octanol–water partition coefficient (Wildman–Crippen LogP) is 4.61. The highest BCUT2D eigenvalue weighted by Gasteiger charge is 2.33. The molecule has 0 N–H and O–H groups in total. The van der Waals surface area contributed by atoms with Gasteiger partial charge >= 0.3 is 0 Å². The van der Waals surface area contributed by atoms with Crippen LogP contribution in [0.1, 0.15) is 30.0 Å². The molecule has 29 heavy (non-hydrogen) atoms. The Morgan fingerprint density at radius 1 is 1.07 bits per heavy atom. The van der Waals surface area contributed by atoms with Gasteiger partial charge in [-0.15, -0.1) is 0 Å². The number of hydrogen-bond donors (Lipinski definition) is 0. The zero-order chi connectivity index (χ0) is 20.2. The van der Waals surface area contributed by atoms with Crippen molar-refractivity contribution in [1.82, 2.24) is 9.91 Å². The van der Waals surface area contributed by atoms with Crippen LogP contribution in [0, 0.1) is 0 Å². The SMILES string of the molecule is O=C(CCN1CCOCC1)N1N=C(c2cccc(Br)c2)C[C@H]1c1ccc(Br)cc1. The predicted molar refractivity (Wildman–Crippen MR) is 121 cm³/mol. The van der Waals surface area contributed by atoms with E-state index >= 15 is 0 Å². The second kappa shape index (κ2) is 9.51. The summed E-state index contributed by atoms with van der Waals surface area (Å²) in [6, 6.07) is 16.2. The Kier molecular flexibility index (Phi) is 6.80. The molecule has 1 saturated heterocycles. The summed E-state index contributed by atoms with van der Waals surface area (Å²) in [6.45, 7) is 3.99. The molecule has 0 aliphatic carbocycles. The van der Waals surface area contributed by atoms with Gasteiger partial charge in [0.05, 0.1) is 25.0 Å². The minimum Gasteiger partial charge on any atom is -0.379 e. The van der Waals surface area contributed by atoms with Gasteiger partial charge in [-0.05, 0) is 35.4 Å². The minimum atomic E-state index is -0.0747. The van der Waals surface area contributed by atoms with Crippen LogP contribution >= 0.6 is 31.9 Å². The lowest BCUT2D eigenvalue weighted by Crippen LogP contribution is -2.39. The van der Waals surface area contributed by atoms with Gasteiger partial charge in [-0.1, -0.05) is 56.1 Å². The van der Waals surface area contributed by atoms with Gasteiger partial charge in [0.2, 0.25) is 5.91 Å². The Labute approximate surface area is 188 Å². The normalized spacial score (nSPS) is 20.0. The molecule has 0 saturated carbocycles. The third-order valence-electron chi connectivity index (χ3n) is 5.32. The monoisotopic (exact) mass is 519 g/mol. The molecular weight excluding hydrogens is 498 g/mol. The lowest BCUT2D eigenvalue weighted by atomic mass is 9.98. The standard InChI is InChI=1S/C22H23Br2N3O2/c23-18-6-4-16(5-7-18)21-15-20(17-2-1-3-19(24)14-17)25-27(21)22(28)8-9-26-10-12-29-13-11-26/h1-7,14,21H,8-13,15H2/t21-/m0/s1. The van der Waals surface area contributed by atoms with Gasteiger partial charge in [0.25, 0.3) is 0 Å². The number of ether oxygens (including phenoxy) is 1. The number of nitrogens with zero attached hydrogens (tertiary/aromatic N) is 3. The van der Waals surface area contributed by atoms with Crippen molar-refractivity contribution in [3.05, 3.63) is 68.6 Å². The van der Waals surface area contributed by atoms with E-state index < -0.39 is 0 Å². The summed E-state index contributed by atoms with van der Waals surface area (Å²) in [7, 11) is 0. The van der Waals surface area contributed by atoms with Gasteiger partial charge < -0.3 is 4.74 Å². The Morgan fingerprint density at radius 3 is 2.55 bits per heavy atom. The molecule has 1 atom stereocenters. The summed E-state index contributed by atoms with van der Waals surface area (Å²) in [5.74, 6) is 0.0643. The first kappa shape index (κ1) is 20.7. The van der Waals surface area contributed by atoms with Crippen LogP contribution in [0.15, 0.2) is 62.6 Å². The van der Waals surface area contributed by atoms with Crippen LogP contribution < -0.4 is 0 Å². The van der Waals surface area contributed by atoms with Crippen molar-refractivity contribution < 1.29 is 9.53 Å². The van der Waals surface area contributed by atoms with E-state index in [1.54, 1.807) is 5.01 Å². The second-order valence-electron chi connectivity index (χ2n) is 7.27. The first-order chi connectivity index (χ1) is 14.1. The maximum Gasteiger partial charge on any atom is 0.244 e.